The molecule has 0 saturated heterocycles. The average molecular weight is 250 g/mol. The first kappa shape index (κ1) is 11.5. The van der Waals surface area contributed by atoms with Gasteiger partial charge in [0.05, 0.1) is 23.9 Å². The zero-order chi connectivity index (χ0) is 12.3. The Morgan fingerprint density at radius 2 is 2.41 bits per heavy atom. The van der Waals surface area contributed by atoms with Crippen molar-refractivity contribution < 1.29 is 9.90 Å². The maximum atomic E-state index is 11.0. The fourth-order valence-corrected chi connectivity index (χ4v) is 1.96. The Hall–Kier alpha value is -2.02. The van der Waals surface area contributed by atoms with E-state index in [1.165, 1.54) is 23.6 Å². The highest BCUT2D eigenvalue weighted by atomic mass is 32.1. The molecule has 0 radical (unpaired) electrons. The van der Waals surface area contributed by atoms with Crippen LogP contribution in [0.5, 0.6) is 0 Å². The predicted octanol–water partition coefficient (Wildman–Crippen LogP) is 1.27. The summed E-state index contributed by atoms with van der Waals surface area (Å²) in [4.78, 5) is 16.9. The molecule has 2 aromatic rings. The summed E-state index contributed by atoms with van der Waals surface area (Å²) in [5, 5.41) is 18.5. The maximum Gasteiger partial charge on any atom is 0.339 e. The lowest BCUT2D eigenvalue weighted by atomic mass is 10.2. The van der Waals surface area contributed by atoms with Gasteiger partial charge in [-0.15, -0.1) is 16.4 Å². The third kappa shape index (κ3) is 2.56. The first-order chi connectivity index (χ1) is 8.18. The topological polar surface area (TPSA) is 79.2 Å². The Kier molecular flexibility index (Phi) is 3.29. The molecule has 88 valence electrons. The number of thiazole rings is 1. The van der Waals surface area contributed by atoms with Crippen LogP contribution in [0.25, 0.3) is 0 Å². The molecule has 0 aliphatic carbocycles. The molecule has 0 spiro atoms. The molecule has 0 aromatic carbocycles. The van der Waals surface area contributed by atoms with Crippen LogP contribution in [-0.2, 0) is 6.54 Å². The van der Waals surface area contributed by atoms with Crippen molar-refractivity contribution in [1.29, 1.82) is 0 Å². The lowest BCUT2D eigenvalue weighted by Crippen LogP contribution is -2.21. The normalized spacial score (nSPS) is 10.2. The number of carboxylic acids is 1. The van der Waals surface area contributed by atoms with Crippen molar-refractivity contribution in [1.82, 2.24) is 15.2 Å². The van der Waals surface area contributed by atoms with Gasteiger partial charge in [0.2, 0.25) is 0 Å². The van der Waals surface area contributed by atoms with Crippen molar-refractivity contribution in [3.05, 3.63) is 34.4 Å². The first-order valence-electron chi connectivity index (χ1n) is 4.81. The van der Waals surface area contributed by atoms with Gasteiger partial charge in [0.25, 0.3) is 0 Å². The van der Waals surface area contributed by atoms with Crippen LogP contribution in [0.2, 0.25) is 0 Å². The van der Waals surface area contributed by atoms with Crippen LogP contribution in [0.15, 0.2) is 23.2 Å². The summed E-state index contributed by atoms with van der Waals surface area (Å²) in [7, 11) is 1.76. The largest absolute Gasteiger partial charge is 0.478 e. The van der Waals surface area contributed by atoms with Crippen molar-refractivity contribution in [2.24, 2.45) is 0 Å². The molecule has 7 heteroatoms. The quantitative estimate of drug-likeness (QED) is 0.880. The molecule has 2 rings (SSSR count). The fourth-order valence-electron chi connectivity index (χ4n) is 1.41. The number of anilines is 1. The van der Waals surface area contributed by atoms with Gasteiger partial charge in [-0.2, -0.15) is 5.10 Å². The van der Waals surface area contributed by atoms with Crippen molar-refractivity contribution in [3.63, 3.8) is 0 Å². The summed E-state index contributed by atoms with van der Waals surface area (Å²) in [6.07, 6.45) is 1.36. The van der Waals surface area contributed by atoms with Crippen LogP contribution in [-0.4, -0.2) is 33.3 Å². The van der Waals surface area contributed by atoms with Crippen LogP contribution in [0.1, 0.15) is 16.1 Å². The second-order valence-corrected chi connectivity index (χ2v) is 4.13. The Bertz CT molecular complexity index is 515. The van der Waals surface area contributed by atoms with E-state index in [1.807, 2.05) is 5.38 Å². The van der Waals surface area contributed by atoms with Crippen molar-refractivity contribution in [2.75, 3.05) is 11.9 Å². The molecule has 0 atom stereocenters. The molecular formula is C10H10N4O2S. The van der Waals surface area contributed by atoms with Gasteiger partial charge in [0.1, 0.15) is 5.56 Å². The highest BCUT2D eigenvalue weighted by molar-refractivity contribution is 7.07. The molecule has 0 aliphatic heterocycles. The van der Waals surface area contributed by atoms with E-state index in [4.69, 9.17) is 5.11 Å². The molecule has 0 fully saturated rings. The highest BCUT2D eigenvalue weighted by Gasteiger charge is 2.15. The van der Waals surface area contributed by atoms with Crippen LogP contribution in [0.4, 0.5) is 5.82 Å². The van der Waals surface area contributed by atoms with Crippen LogP contribution >= 0.6 is 11.3 Å². The summed E-state index contributed by atoms with van der Waals surface area (Å²) >= 11 is 1.50. The summed E-state index contributed by atoms with van der Waals surface area (Å²) in [6, 6.07) is 1.43. The van der Waals surface area contributed by atoms with E-state index in [0.717, 1.165) is 5.69 Å². The second-order valence-electron chi connectivity index (χ2n) is 3.41. The third-order valence-electron chi connectivity index (χ3n) is 2.18. The van der Waals surface area contributed by atoms with Gasteiger partial charge in [-0.25, -0.2) is 9.78 Å². The van der Waals surface area contributed by atoms with Crippen molar-refractivity contribution >= 4 is 23.1 Å². The van der Waals surface area contributed by atoms with E-state index >= 15 is 0 Å². The van der Waals surface area contributed by atoms with E-state index in [0.29, 0.717) is 12.4 Å². The number of aromatic carboxylic acids is 1. The lowest BCUT2D eigenvalue weighted by Gasteiger charge is -2.17. The first-order valence-corrected chi connectivity index (χ1v) is 5.76. The van der Waals surface area contributed by atoms with Crippen LogP contribution < -0.4 is 4.90 Å². The standard InChI is InChI=1S/C10H10N4O2S/c1-14(4-7-5-17-6-11-7)9-8(10(15)16)2-3-12-13-9/h2-3,5-6H,4H2,1H3,(H,15,16). The monoisotopic (exact) mass is 250 g/mol. The van der Waals surface area contributed by atoms with Gasteiger partial charge in [-0.05, 0) is 6.07 Å². The number of hydrogen-bond acceptors (Lipinski definition) is 6. The Balaban J connectivity index is 2.24. The van der Waals surface area contributed by atoms with Crippen molar-refractivity contribution in [3.8, 4) is 0 Å². The molecule has 0 amide bonds. The Morgan fingerprint density at radius 1 is 1.59 bits per heavy atom. The lowest BCUT2D eigenvalue weighted by molar-refractivity contribution is 0.0697. The number of carbonyl (C=O) groups is 1. The second kappa shape index (κ2) is 4.88. The van der Waals surface area contributed by atoms with E-state index in [9.17, 15) is 4.79 Å². The van der Waals surface area contributed by atoms with Gasteiger partial charge < -0.3 is 10.0 Å². The van der Waals surface area contributed by atoms with E-state index in [1.54, 1.807) is 17.5 Å². The molecule has 2 aromatic heterocycles. The minimum atomic E-state index is -1.01. The maximum absolute atomic E-state index is 11.0. The molecule has 17 heavy (non-hydrogen) atoms. The van der Waals surface area contributed by atoms with Crippen LogP contribution in [0, 0.1) is 0 Å². The predicted molar refractivity (Wildman–Crippen MR) is 63.2 cm³/mol. The van der Waals surface area contributed by atoms with Gasteiger partial charge in [0.15, 0.2) is 5.82 Å². The molecule has 0 bridgehead atoms. The Morgan fingerprint density at radius 3 is 3.06 bits per heavy atom. The van der Waals surface area contributed by atoms with E-state index < -0.39 is 5.97 Å². The summed E-state index contributed by atoms with van der Waals surface area (Å²) < 4.78 is 0. The number of aromatic nitrogens is 3. The van der Waals surface area contributed by atoms with Gasteiger partial charge in [-0.3, -0.25) is 0 Å². The van der Waals surface area contributed by atoms with E-state index in [-0.39, 0.29) is 5.56 Å². The summed E-state index contributed by atoms with van der Waals surface area (Å²) in [6.45, 7) is 0.502. The molecule has 2 heterocycles. The van der Waals surface area contributed by atoms with Gasteiger partial charge in [-0.1, -0.05) is 0 Å². The Labute approximate surface area is 102 Å². The van der Waals surface area contributed by atoms with Gasteiger partial charge in [0, 0.05) is 12.4 Å². The average Bonchev–Trinajstić information content (AvgIpc) is 2.81. The molecule has 0 aliphatic rings. The molecule has 0 saturated carbocycles. The van der Waals surface area contributed by atoms with Gasteiger partial charge >= 0.3 is 5.97 Å². The number of carboxylic acid groups (broad SMARTS) is 1. The van der Waals surface area contributed by atoms with Crippen molar-refractivity contribution in [2.45, 2.75) is 6.54 Å². The highest BCUT2D eigenvalue weighted by Crippen LogP contribution is 2.17. The SMILES string of the molecule is CN(Cc1cscn1)c1nnccc1C(=O)O. The molecule has 1 N–H and O–H groups in total. The minimum Gasteiger partial charge on any atom is -0.478 e. The minimum absolute atomic E-state index is 0.137. The fraction of sp³-hybridized carbons (Fsp3) is 0.200. The molecule has 0 unspecified atom stereocenters. The third-order valence-corrected chi connectivity index (χ3v) is 2.81. The molecule has 6 nitrogen and oxygen atoms in total. The number of hydrogen-bond donors (Lipinski definition) is 1. The number of rotatable bonds is 4. The summed E-state index contributed by atoms with van der Waals surface area (Å²) in [5.41, 5.74) is 2.75. The zero-order valence-corrected chi connectivity index (χ0v) is 9.89. The number of nitrogens with zero attached hydrogens (tertiary/aromatic N) is 4. The molecular weight excluding hydrogens is 240 g/mol. The van der Waals surface area contributed by atoms with Crippen LogP contribution in [0.3, 0.4) is 0 Å². The zero-order valence-electron chi connectivity index (χ0n) is 9.07. The summed E-state index contributed by atoms with van der Waals surface area (Å²) in [5.74, 6) is -0.673. The smallest absolute Gasteiger partial charge is 0.339 e. The van der Waals surface area contributed by atoms with E-state index in [2.05, 4.69) is 15.2 Å².